The molecule has 2 aromatic carbocycles. The molecule has 0 aliphatic rings. The third-order valence-electron chi connectivity index (χ3n) is 4.35. The Morgan fingerprint density at radius 1 is 1.14 bits per heavy atom. The number of benzene rings is 2. The predicted octanol–water partition coefficient (Wildman–Crippen LogP) is 5.27. The lowest BCUT2D eigenvalue weighted by Gasteiger charge is -2.07. The number of carbonyl (C=O) groups excluding carboxylic acids is 1. The maximum atomic E-state index is 13.7. The van der Waals surface area contributed by atoms with Crippen LogP contribution >= 0.6 is 11.3 Å². The summed E-state index contributed by atoms with van der Waals surface area (Å²) in [7, 11) is 0. The smallest absolute Gasteiger partial charge is 0.245 e. The Kier molecular flexibility index (Phi) is 7.14. The molecule has 0 aliphatic heterocycles. The molecule has 0 fully saturated rings. The molecule has 0 spiro atoms. The summed E-state index contributed by atoms with van der Waals surface area (Å²) < 4.78 is 13.7. The molecule has 3 rings (SSSR count). The molecule has 146 valence electrons. The van der Waals surface area contributed by atoms with Crippen molar-refractivity contribution < 1.29 is 9.18 Å². The number of hydrogen-bond donors (Lipinski definition) is 2. The molecule has 1 amide bonds. The molecule has 6 heteroatoms. The Bertz CT molecular complexity index is 908. The zero-order valence-electron chi connectivity index (χ0n) is 15.9. The Morgan fingerprint density at radius 3 is 2.68 bits per heavy atom. The summed E-state index contributed by atoms with van der Waals surface area (Å²) in [5.41, 5.74) is 2.84. The van der Waals surface area contributed by atoms with Crippen molar-refractivity contribution in [3.05, 3.63) is 76.5 Å². The third-order valence-corrected chi connectivity index (χ3v) is 5.26. The van der Waals surface area contributed by atoms with Crippen LogP contribution in [0, 0.1) is 5.82 Å². The number of unbranched alkanes of at least 4 members (excludes halogenated alkanes) is 1. The van der Waals surface area contributed by atoms with E-state index in [0.29, 0.717) is 17.1 Å². The van der Waals surface area contributed by atoms with Crippen molar-refractivity contribution in [1.29, 1.82) is 0 Å². The van der Waals surface area contributed by atoms with Gasteiger partial charge in [0.05, 0.1) is 6.54 Å². The number of amides is 1. The monoisotopic (exact) mass is 397 g/mol. The van der Waals surface area contributed by atoms with Crippen molar-refractivity contribution in [2.75, 3.05) is 17.2 Å². The van der Waals surface area contributed by atoms with E-state index in [1.807, 2.05) is 18.2 Å². The summed E-state index contributed by atoms with van der Waals surface area (Å²) in [6.07, 6.45) is 5.58. The van der Waals surface area contributed by atoms with Gasteiger partial charge in [0.2, 0.25) is 5.91 Å². The van der Waals surface area contributed by atoms with Gasteiger partial charge in [-0.15, -0.1) is 11.3 Å². The van der Waals surface area contributed by atoms with Gasteiger partial charge in [-0.3, -0.25) is 4.79 Å². The van der Waals surface area contributed by atoms with Crippen LogP contribution in [-0.2, 0) is 17.6 Å². The molecule has 0 saturated heterocycles. The fourth-order valence-electron chi connectivity index (χ4n) is 2.79. The second-order valence-corrected chi connectivity index (χ2v) is 7.72. The number of nitrogens with one attached hydrogen (secondary N) is 2. The molecular formula is C22H24FN3OS. The fourth-order valence-corrected chi connectivity index (χ4v) is 3.64. The van der Waals surface area contributed by atoms with Crippen molar-refractivity contribution in [1.82, 2.24) is 4.98 Å². The predicted molar refractivity (Wildman–Crippen MR) is 113 cm³/mol. The lowest BCUT2D eigenvalue weighted by Crippen LogP contribution is -2.21. The van der Waals surface area contributed by atoms with Gasteiger partial charge >= 0.3 is 0 Å². The normalized spacial score (nSPS) is 10.6. The highest BCUT2D eigenvalue weighted by atomic mass is 32.1. The van der Waals surface area contributed by atoms with Crippen LogP contribution < -0.4 is 10.6 Å². The molecule has 1 aromatic heterocycles. The van der Waals surface area contributed by atoms with Crippen LogP contribution in [0.2, 0.25) is 0 Å². The van der Waals surface area contributed by atoms with Crippen molar-refractivity contribution in [3.8, 4) is 0 Å². The van der Waals surface area contributed by atoms with Crippen molar-refractivity contribution in [2.24, 2.45) is 0 Å². The minimum atomic E-state index is -0.230. The molecule has 4 nitrogen and oxygen atoms in total. The average molecular weight is 398 g/mol. The van der Waals surface area contributed by atoms with E-state index in [0.717, 1.165) is 17.0 Å². The summed E-state index contributed by atoms with van der Waals surface area (Å²) in [6, 6.07) is 14.8. The van der Waals surface area contributed by atoms with Gasteiger partial charge in [-0.1, -0.05) is 43.7 Å². The zero-order chi connectivity index (χ0) is 19.8. The van der Waals surface area contributed by atoms with Gasteiger partial charge in [0.25, 0.3) is 0 Å². The number of halogens is 1. The lowest BCUT2D eigenvalue weighted by molar-refractivity contribution is -0.114. The van der Waals surface area contributed by atoms with E-state index in [9.17, 15) is 9.18 Å². The second kappa shape index (κ2) is 9.99. The molecule has 1 heterocycles. The van der Waals surface area contributed by atoms with Crippen LogP contribution in [0.1, 0.15) is 35.8 Å². The zero-order valence-corrected chi connectivity index (χ0v) is 16.7. The van der Waals surface area contributed by atoms with E-state index in [-0.39, 0.29) is 18.3 Å². The number of thiazole rings is 1. The number of anilines is 2. The Morgan fingerprint density at radius 2 is 1.93 bits per heavy atom. The van der Waals surface area contributed by atoms with Gasteiger partial charge in [0.1, 0.15) is 5.82 Å². The van der Waals surface area contributed by atoms with Crippen LogP contribution in [-0.4, -0.2) is 17.4 Å². The van der Waals surface area contributed by atoms with Gasteiger partial charge in [-0.05, 0) is 42.2 Å². The lowest BCUT2D eigenvalue weighted by atomic mass is 10.1. The highest BCUT2D eigenvalue weighted by molar-refractivity contribution is 7.15. The second-order valence-electron chi connectivity index (χ2n) is 6.60. The van der Waals surface area contributed by atoms with Gasteiger partial charge in [-0.2, -0.15) is 0 Å². The Hall–Kier alpha value is -2.73. The number of rotatable bonds is 9. The molecule has 0 unspecified atom stereocenters. The summed E-state index contributed by atoms with van der Waals surface area (Å²) >= 11 is 1.36. The van der Waals surface area contributed by atoms with Crippen LogP contribution in [0.15, 0.2) is 54.7 Å². The fraction of sp³-hybridized carbons (Fsp3) is 0.273. The molecule has 3 aromatic rings. The molecule has 0 bridgehead atoms. The van der Waals surface area contributed by atoms with E-state index in [1.54, 1.807) is 18.3 Å². The van der Waals surface area contributed by atoms with E-state index in [2.05, 4.69) is 34.7 Å². The van der Waals surface area contributed by atoms with Gasteiger partial charge in [0, 0.05) is 23.2 Å². The first kappa shape index (κ1) is 20.0. The molecule has 0 radical (unpaired) electrons. The summed E-state index contributed by atoms with van der Waals surface area (Å²) in [5, 5.41) is 6.42. The van der Waals surface area contributed by atoms with Crippen LogP contribution in [0.25, 0.3) is 0 Å². The van der Waals surface area contributed by atoms with Crippen molar-refractivity contribution >= 4 is 28.1 Å². The van der Waals surface area contributed by atoms with Crippen LogP contribution in [0.3, 0.4) is 0 Å². The molecule has 0 aliphatic carbocycles. The molecule has 28 heavy (non-hydrogen) atoms. The van der Waals surface area contributed by atoms with E-state index in [4.69, 9.17) is 0 Å². The number of carbonyl (C=O) groups is 1. The first-order valence-electron chi connectivity index (χ1n) is 9.45. The highest BCUT2D eigenvalue weighted by Gasteiger charge is 2.09. The van der Waals surface area contributed by atoms with E-state index in [1.165, 1.54) is 35.8 Å². The SMILES string of the molecule is CCCCc1ccc(NCC(=O)Nc2ncc(Cc3ccccc3F)s2)cc1. The van der Waals surface area contributed by atoms with E-state index < -0.39 is 0 Å². The summed E-state index contributed by atoms with van der Waals surface area (Å²) in [4.78, 5) is 17.3. The molecule has 2 N–H and O–H groups in total. The molecular weight excluding hydrogens is 373 g/mol. The van der Waals surface area contributed by atoms with Gasteiger partial charge in [0.15, 0.2) is 5.13 Å². The van der Waals surface area contributed by atoms with Gasteiger partial charge < -0.3 is 10.6 Å². The van der Waals surface area contributed by atoms with Crippen LogP contribution in [0.4, 0.5) is 15.2 Å². The van der Waals surface area contributed by atoms with E-state index >= 15 is 0 Å². The third kappa shape index (κ3) is 5.89. The number of aryl methyl sites for hydroxylation is 1. The number of aromatic nitrogens is 1. The highest BCUT2D eigenvalue weighted by Crippen LogP contribution is 2.22. The maximum Gasteiger partial charge on any atom is 0.245 e. The topological polar surface area (TPSA) is 54.0 Å². The average Bonchev–Trinajstić information content (AvgIpc) is 3.14. The summed E-state index contributed by atoms with van der Waals surface area (Å²) in [6.45, 7) is 2.34. The summed E-state index contributed by atoms with van der Waals surface area (Å²) in [5.74, 6) is -0.395. The Labute approximate surface area is 168 Å². The van der Waals surface area contributed by atoms with Gasteiger partial charge in [-0.25, -0.2) is 9.37 Å². The standard InChI is InChI=1S/C22H24FN3OS/c1-2-3-6-16-9-11-18(12-10-16)24-15-21(27)26-22-25-14-19(28-22)13-17-7-4-5-8-20(17)23/h4-5,7-12,14,24H,2-3,6,13,15H2,1H3,(H,25,26,27). The largest absolute Gasteiger partial charge is 0.376 e. The maximum absolute atomic E-state index is 13.7. The molecule has 0 saturated carbocycles. The van der Waals surface area contributed by atoms with Crippen molar-refractivity contribution in [2.45, 2.75) is 32.6 Å². The minimum absolute atomic E-state index is 0.163. The quantitative estimate of drug-likeness (QED) is 0.517. The number of nitrogens with zero attached hydrogens (tertiary/aromatic N) is 1. The first-order chi connectivity index (χ1) is 13.6. The minimum Gasteiger partial charge on any atom is -0.376 e. The number of hydrogen-bond acceptors (Lipinski definition) is 4. The van der Waals surface area contributed by atoms with Crippen molar-refractivity contribution in [3.63, 3.8) is 0 Å². The first-order valence-corrected chi connectivity index (χ1v) is 10.3. The van der Waals surface area contributed by atoms with Crippen LogP contribution in [0.5, 0.6) is 0 Å². The molecule has 0 atom stereocenters. The Balaban J connectivity index is 1.47.